The molecule has 0 radical (unpaired) electrons. The van der Waals surface area contributed by atoms with E-state index < -0.39 is 11.4 Å². The fraction of sp³-hybridized carbons (Fsp3) is 0.242. The van der Waals surface area contributed by atoms with Gasteiger partial charge in [-0.05, 0) is 0 Å². The molecule has 37 heavy (non-hydrogen) atoms. The molecule has 0 saturated heterocycles. The summed E-state index contributed by atoms with van der Waals surface area (Å²) in [5.41, 5.74) is 2.53. The van der Waals surface area contributed by atoms with Crippen LogP contribution in [0.2, 0.25) is 0 Å². The first kappa shape index (κ1) is 27.5. The van der Waals surface area contributed by atoms with Gasteiger partial charge in [0.05, 0.1) is 0 Å². The Morgan fingerprint density at radius 1 is 0.919 bits per heavy atom. The van der Waals surface area contributed by atoms with E-state index in [4.69, 9.17) is 0 Å². The molecule has 1 atom stereocenters. The second kappa shape index (κ2) is 10.7. The molecule has 1 N–H and O–H groups in total. The van der Waals surface area contributed by atoms with E-state index in [1.54, 1.807) is 0 Å². The van der Waals surface area contributed by atoms with E-state index in [0.29, 0.717) is 12.0 Å². The van der Waals surface area contributed by atoms with Gasteiger partial charge in [-0.3, -0.25) is 0 Å². The maximum atomic E-state index is 12.5. The number of benzene rings is 3. The monoisotopic (exact) mass is 574 g/mol. The first-order chi connectivity index (χ1) is 17.6. The first-order valence-electron chi connectivity index (χ1n) is 12.8. The number of aliphatic hydroxyl groups excluding tert-OH is 1. The summed E-state index contributed by atoms with van der Waals surface area (Å²) in [7, 11) is 0. The third kappa shape index (κ3) is 5.10. The van der Waals surface area contributed by atoms with Gasteiger partial charge < -0.3 is 0 Å². The van der Waals surface area contributed by atoms with Gasteiger partial charge in [0.25, 0.3) is 0 Å². The summed E-state index contributed by atoms with van der Waals surface area (Å²) < 4.78 is 0. The summed E-state index contributed by atoms with van der Waals surface area (Å²) in [4.78, 5) is 12.5. The van der Waals surface area contributed by atoms with Crippen LogP contribution in [0, 0.1) is 5.41 Å². The number of allylic oxidation sites excluding steroid dienone is 5. The summed E-state index contributed by atoms with van der Waals surface area (Å²) in [6, 6.07) is 32.3. The zero-order valence-corrected chi connectivity index (χ0v) is 24.5. The van der Waals surface area contributed by atoms with E-state index in [0.717, 1.165) is 17.3 Å². The molecule has 0 saturated carbocycles. The Hall–Kier alpha value is -2.58. The molecule has 4 heteroatoms. The van der Waals surface area contributed by atoms with Crippen molar-refractivity contribution in [2.45, 2.75) is 40.2 Å². The molecule has 2 nitrogen and oxygen atoms in total. The summed E-state index contributed by atoms with van der Waals surface area (Å²) in [5.74, 6) is -0.164. The fourth-order valence-corrected chi connectivity index (χ4v) is 12.6. The summed E-state index contributed by atoms with van der Waals surface area (Å²) in [5, 5.41) is 11.0. The number of carbonyl (C=O) groups is 1. The molecule has 0 spiro atoms. The molecule has 4 rings (SSSR count). The molecule has 0 aliphatic heterocycles. The van der Waals surface area contributed by atoms with E-state index >= 15 is 0 Å². The predicted octanol–water partition coefficient (Wildman–Crippen LogP) is 7.01. The van der Waals surface area contributed by atoms with E-state index in [9.17, 15) is 9.90 Å². The van der Waals surface area contributed by atoms with Crippen LogP contribution in [-0.2, 0) is 4.79 Å². The zero-order valence-electron chi connectivity index (χ0n) is 22.1. The van der Waals surface area contributed by atoms with Gasteiger partial charge >= 0.3 is 230 Å². The van der Waals surface area contributed by atoms with Gasteiger partial charge in [0, 0.05) is 0 Å². The molecule has 0 aromatic heterocycles. The van der Waals surface area contributed by atoms with Gasteiger partial charge in [-0.15, -0.1) is 0 Å². The molecule has 0 bridgehead atoms. The molecule has 3 aromatic carbocycles. The minimum atomic E-state index is -3.03. The van der Waals surface area contributed by atoms with Crippen molar-refractivity contribution in [3.63, 3.8) is 0 Å². The van der Waals surface area contributed by atoms with Crippen molar-refractivity contribution in [1.29, 1.82) is 0 Å². The van der Waals surface area contributed by atoms with E-state index in [-0.39, 0.29) is 11.2 Å². The van der Waals surface area contributed by atoms with Gasteiger partial charge in [-0.2, -0.15) is 0 Å². The van der Waals surface area contributed by atoms with Crippen LogP contribution in [0.1, 0.15) is 34.1 Å². The number of halogens is 1. The normalized spacial score (nSPS) is 19.6. The van der Waals surface area contributed by atoms with Crippen molar-refractivity contribution in [1.82, 2.24) is 0 Å². The molecule has 1 aliphatic carbocycles. The summed E-state index contributed by atoms with van der Waals surface area (Å²) in [6.07, 6.45) is 6.84. The van der Waals surface area contributed by atoms with E-state index in [2.05, 4.69) is 145 Å². The van der Waals surface area contributed by atoms with Gasteiger partial charge in [-0.1, -0.05) is 0 Å². The van der Waals surface area contributed by atoms with Crippen LogP contribution in [0.5, 0.6) is 0 Å². The Balaban J connectivity index is 1.83. The van der Waals surface area contributed by atoms with Crippen LogP contribution < -0.4 is 15.9 Å². The van der Waals surface area contributed by atoms with Crippen LogP contribution in [-0.4, -0.2) is 23.2 Å². The number of carbonyl (C=O) groups excluding carboxylic acids is 1. The van der Waals surface area contributed by atoms with Crippen molar-refractivity contribution < 1.29 is 9.90 Å². The van der Waals surface area contributed by atoms with Crippen molar-refractivity contribution in [3.8, 4) is 0 Å². The second-order valence-corrected chi connectivity index (χ2v) is 19.6. The topological polar surface area (TPSA) is 37.3 Å². The molecule has 192 valence electrons. The third-order valence-electron chi connectivity index (χ3n) is 7.66. The number of hydrogen-bond acceptors (Lipinski definition) is 2. The Morgan fingerprint density at radius 2 is 1.35 bits per heavy atom. The van der Waals surface area contributed by atoms with Gasteiger partial charge in [0.2, 0.25) is 0 Å². The number of Topliss-reactive ketones (excluding diaryl/α,β-unsaturated/α-hetero) is 1. The van der Waals surface area contributed by atoms with Crippen LogP contribution in [0.25, 0.3) is 0 Å². The predicted molar refractivity (Wildman–Crippen MR) is 164 cm³/mol. The molecule has 1 unspecified atom stereocenters. The first-order valence-corrected chi connectivity index (χ1v) is 17.2. The van der Waals surface area contributed by atoms with Crippen LogP contribution in [0.3, 0.4) is 0 Å². The summed E-state index contributed by atoms with van der Waals surface area (Å²) in [6.45, 7) is 8.14. The van der Waals surface area contributed by atoms with E-state index in [1.807, 2.05) is 6.92 Å². The third-order valence-corrected chi connectivity index (χ3v) is 17.2. The van der Waals surface area contributed by atoms with Crippen LogP contribution in [0.4, 0.5) is 0 Å². The Bertz CT molecular complexity index is 1260. The number of hydrogen-bond donors (Lipinski definition) is 1. The molecule has 0 amide bonds. The second-order valence-electron chi connectivity index (χ2n) is 10.7. The van der Waals surface area contributed by atoms with Gasteiger partial charge in [0.1, 0.15) is 0 Å². The number of rotatable bonds is 7. The summed E-state index contributed by atoms with van der Waals surface area (Å²) >= 11 is 4.50. The number of ketones is 1. The zero-order chi connectivity index (χ0) is 26.7. The molecule has 3 aromatic rings. The number of aliphatic hydroxyl groups is 1. The van der Waals surface area contributed by atoms with Gasteiger partial charge in [-0.25, -0.2) is 0 Å². The van der Waals surface area contributed by atoms with Gasteiger partial charge in [0.15, 0.2) is 0 Å². The average molecular weight is 576 g/mol. The molecule has 0 heterocycles. The van der Waals surface area contributed by atoms with Crippen molar-refractivity contribution in [3.05, 3.63) is 126 Å². The minimum absolute atomic E-state index is 0.164. The Morgan fingerprint density at radius 3 is 1.78 bits per heavy atom. The van der Waals surface area contributed by atoms with Crippen molar-refractivity contribution >= 4 is 42.5 Å². The molecule has 0 fully saturated rings. The van der Waals surface area contributed by atoms with Crippen molar-refractivity contribution in [2.75, 3.05) is 6.16 Å². The van der Waals surface area contributed by atoms with Crippen LogP contribution in [0.15, 0.2) is 126 Å². The quantitative estimate of drug-likeness (QED) is 0.243. The standard InChI is InChI=1S/C33H36BrO2P/c1-25(20-21-30-26(2)32(36)31(35)24-33(30,3)4)22-23-37(34,27-14-8-5-9-15-27,28-16-10-6-11-17-28)29-18-12-7-13-19-29/h5-22,31,35H,23-24H2,1-4H3/b21-20+,25-22+. The van der Waals surface area contributed by atoms with E-state index in [1.165, 1.54) is 15.9 Å². The van der Waals surface area contributed by atoms with Crippen LogP contribution >= 0.6 is 20.8 Å². The Kier molecular flexibility index (Phi) is 7.91. The molecular weight excluding hydrogens is 539 g/mol. The molecular formula is C33H36BrO2P. The Labute approximate surface area is 229 Å². The maximum absolute atomic E-state index is 12.5. The SMILES string of the molecule is CC1=C(/C=C/C(C)=C/CP(Br)(c2ccccc2)(c2ccccc2)c2ccccc2)C(C)(C)CC(O)C1=O. The molecule has 1 aliphatic rings. The fourth-order valence-electron chi connectivity index (χ4n) is 5.50. The average Bonchev–Trinajstić information content (AvgIpc) is 2.91. The van der Waals surface area contributed by atoms with Crippen molar-refractivity contribution in [2.24, 2.45) is 5.41 Å².